The number of esters is 1. The van der Waals surface area contributed by atoms with Crippen molar-refractivity contribution in [3.63, 3.8) is 0 Å². The number of rotatable bonds is 15. The molecule has 0 amide bonds. The lowest BCUT2D eigenvalue weighted by Gasteiger charge is -2.65. The SMILES string of the molecule is COc1cccc(CCc2ccccc2OCC(CN(C)C)OC(=O)CCC(=O)CC23CC4CC(C)(CC(C)(C4)C2)C3)c1. The van der Waals surface area contributed by atoms with Crippen LogP contribution in [0.2, 0.25) is 0 Å². The number of carbonyl (C=O) groups excluding carboxylic acids is 2. The average molecular weight is 590 g/mol. The fourth-order valence-electron chi connectivity index (χ4n) is 9.55. The van der Waals surface area contributed by atoms with Crippen LogP contribution >= 0.6 is 0 Å². The number of Topliss-reactive ketones (excluding diaryl/α,β-unsaturated/α-hetero) is 1. The molecule has 6 nitrogen and oxygen atoms in total. The summed E-state index contributed by atoms with van der Waals surface area (Å²) >= 11 is 0. The lowest BCUT2D eigenvalue weighted by Crippen LogP contribution is -2.55. The van der Waals surface area contributed by atoms with Gasteiger partial charge in [-0.2, -0.15) is 0 Å². The topological polar surface area (TPSA) is 65.1 Å². The molecule has 43 heavy (non-hydrogen) atoms. The van der Waals surface area contributed by atoms with Crippen molar-refractivity contribution in [1.82, 2.24) is 4.90 Å². The largest absolute Gasteiger partial charge is 0.497 e. The van der Waals surface area contributed by atoms with Crippen LogP contribution in [0.4, 0.5) is 0 Å². The number of methoxy groups -OCH3 is 1. The number of hydrogen-bond donors (Lipinski definition) is 0. The summed E-state index contributed by atoms with van der Waals surface area (Å²) in [5.41, 5.74) is 3.24. The Balaban J connectivity index is 1.12. The van der Waals surface area contributed by atoms with Crippen molar-refractivity contribution in [2.45, 2.75) is 90.6 Å². The molecule has 3 unspecified atom stereocenters. The van der Waals surface area contributed by atoms with Crippen LogP contribution in [-0.4, -0.2) is 57.1 Å². The Morgan fingerprint density at radius 1 is 0.930 bits per heavy atom. The van der Waals surface area contributed by atoms with Crippen LogP contribution in [0.15, 0.2) is 48.5 Å². The van der Waals surface area contributed by atoms with E-state index in [9.17, 15) is 9.59 Å². The summed E-state index contributed by atoms with van der Waals surface area (Å²) in [4.78, 5) is 28.1. The molecule has 4 aliphatic rings. The van der Waals surface area contributed by atoms with Crippen LogP contribution in [0.3, 0.4) is 0 Å². The van der Waals surface area contributed by atoms with Crippen LogP contribution in [0, 0.1) is 22.2 Å². The molecule has 4 fully saturated rings. The van der Waals surface area contributed by atoms with Gasteiger partial charge in [0.25, 0.3) is 0 Å². The van der Waals surface area contributed by atoms with Gasteiger partial charge in [-0.25, -0.2) is 0 Å². The summed E-state index contributed by atoms with van der Waals surface area (Å²) in [6, 6.07) is 16.2. The van der Waals surface area contributed by atoms with Crippen LogP contribution < -0.4 is 9.47 Å². The van der Waals surface area contributed by atoms with E-state index in [0.717, 1.165) is 35.8 Å². The minimum Gasteiger partial charge on any atom is -0.497 e. The third-order valence-electron chi connectivity index (χ3n) is 10.0. The number of ketones is 1. The third-order valence-corrected chi connectivity index (χ3v) is 10.0. The number of para-hydroxylation sites is 1. The van der Waals surface area contributed by atoms with Gasteiger partial charge in [0, 0.05) is 19.4 Å². The van der Waals surface area contributed by atoms with E-state index in [1.807, 2.05) is 49.3 Å². The van der Waals surface area contributed by atoms with Gasteiger partial charge in [0.2, 0.25) is 0 Å². The second kappa shape index (κ2) is 13.0. The average Bonchev–Trinajstić information content (AvgIpc) is 2.91. The summed E-state index contributed by atoms with van der Waals surface area (Å²) in [5.74, 6) is 2.32. The van der Waals surface area contributed by atoms with E-state index in [1.165, 1.54) is 44.1 Å². The second-order valence-corrected chi connectivity index (χ2v) is 15.0. The molecule has 0 spiro atoms. The standard InChI is InChI=1S/C37H51NO5/c1-35-18-28-19-36(2,24-35)26-37(20-28,25-35)21-30(39)15-16-34(40)43-32(22-38(3)4)23-42-33-12-7-6-10-29(33)14-13-27-9-8-11-31(17-27)41-5/h6-12,17,28,32H,13-16,18-26H2,1-5H3. The summed E-state index contributed by atoms with van der Waals surface area (Å²) in [6.07, 6.45) is 9.78. The van der Waals surface area contributed by atoms with Gasteiger partial charge in [-0.3, -0.25) is 9.59 Å². The van der Waals surface area contributed by atoms with Gasteiger partial charge >= 0.3 is 5.97 Å². The molecule has 0 heterocycles. The van der Waals surface area contributed by atoms with Crippen molar-refractivity contribution >= 4 is 11.8 Å². The van der Waals surface area contributed by atoms with Crippen molar-refractivity contribution in [3.05, 3.63) is 59.7 Å². The Kier molecular flexibility index (Phi) is 9.55. The molecule has 2 aromatic carbocycles. The lowest BCUT2D eigenvalue weighted by molar-refractivity contribution is -0.158. The number of nitrogens with zero attached hydrogens (tertiary/aromatic N) is 1. The summed E-state index contributed by atoms with van der Waals surface area (Å²) < 4.78 is 17.5. The molecular formula is C37H51NO5. The highest BCUT2D eigenvalue weighted by atomic mass is 16.6. The molecule has 4 aliphatic carbocycles. The van der Waals surface area contributed by atoms with Gasteiger partial charge in [-0.15, -0.1) is 0 Å². The zero-order valence-corrected chi connectivity index (χ0v) is 27.0. The molecule has 0 aromatic heterocycles. The predicted molar refractivity (Wildman–Crippen MR) is 169 cm³/mol. The molecule has 0 aliphatic heterocycles. The van der Waals surface area contributed by atoms with Gasteiger partial charge in [-0.1, -0.05) is 44.2 Å². The smallest absolute Gasteiger partial charge is 0.306 e. The molecular weight excluding hydrogens is 538 g/mol. The van der Waals surface area contributed by atoms with E-state index < -0.39 is 6.10 Å². The minimum absolute atomic E-state index is 0.133. The molecule has 6 heteroatoms. The van der Waals surface area contributed by atoms with E-state index in [-0.39, 0.29) is 36.6 Å². The van der Waals surface area contributed by atoms with Gasteiger partial charge in [0.05, 0.1) is 13.5 Å². The number of ether oxygens (including phenoxy) is 3. The molecule has 2 aromatic rings. The Labute approximate surface area is 258 Å². The van der Waals surface area contributed by atoms with Crippen LogP contribution in [0.5, 0.6) is 11.5 Å². The molecule has 0 saturated heterocycles. The van der Waals surface area contributed by atoms with Crippen molar-refractivity contribution < 1.29 is 23.8 Å². The number of carbonyl (C=O) groups is 2. The molecule has 234 valence electrons. The normalized spacial score (nSPS) is 28.1. The first-order valence-electron chi connectivity index (χ1n) is 16.2. The van der Waals surface area contributed by atoms with Crippen LogP contribution in [0.25, 0.3) is 0 Å². The molecule has 6 rings (SSSR count). The van der Waals surface area contributed by atoms with Crippen molar-refractivity contribution in [2.75, 3.05) is 34.4 Å². The second-order valence-electron chi connectivity index (χ2n) is 15.0. The van der Waals surface area contributed by atoms with Crippen molar-refractivity contribution in [1.29, 1.82) is 0 Å². The zero-order valence-electron chi connectivity index (χ0n) is 27.0. The van der Waals surface area contributed by atoms with E-state index in [0.29, 0.717) is 23.8 Å². The molecule has 4 saturated carbocycles. The Bertz CT molecular complexity index is 1270. The van der Waals surface area contributed by atoms with Gasteiger partial charge < -0.3 is 19.1 Å². The lowest BCUT2D eigenvalue weighted by atomic mass is 9.39. The van der Waals surface area contributed by atoms with Crippen molar-refractivity contribution in [3.8, 4) is 11.5 Å². The van der Waals surface area contributed by atoms with Gasteiger partial charge in [0.15, 0.2) is 0 Å². The molecule has 3 atom stereocenters. The van der Waals surface area contributed by atoms with E-state index >= 15 is 0 Å². The predicted octanol–water partition coefficient (Wildman–Crippen LogP) is 7.07. The highest BCUT2D eigenvalue weighted by Crippen LogP contribution is 2.70. The van der Waals surface area contributed by atoms with Gasteiger partial charge in [0.1, 0.15) is 30.0 Å². The van der Waals surface area contributed by atoms with Crippen molar-refractivity contribution in [2.24, 2.45) is 22.2 Å². The number of hydrogen-bond acceptors (Lipinski definition) is 6. The first kappa shape index (κ1) is 31.6. The quantitative estimate of drug-likeness (QED) is 0.207. The zero-order chi connectivity index (χ0) is 30.7. The van der Waals surface area contributed by atoms with E-state index in [2.05, 4.69) is 32.0 Å². The summed E-state index contributed by atoms with van der Waals surface area (Å²) in [5, 5.41) is 0. The Morgan fingerprint density at radius 2 is 1.67 bits per heavy atom. The van der Waals surface area contributed by atoms with Gasteiger partial charge in [-0.05, 0) is 117 Å². The fourth-order valence-corrected chi connectivity index (χ4v) is 9.55. The molecule has 0 radical (unpaired) electrons. The fraction of sp³-hybridized carbons (Fsp3) is 0.622. The summed E-state index contributed by atoms with van der Waals surface area (Å²) in [6.45, 7) is 5.69. The van der Waals surface area contributed by atoms with Crippen LogP contribution in [0.1, 0.15) is 82.8 Å². The number of likely N-dealkylation sites (N-methyl/N-ethyl adjacent to an activating group) is 1. The maximum absolute atomic E-state index is 13.2. The number of benzene rings is 2. The first-order chi connectivity index (χ1) is 20.5. The maximum Gasteiger partial charge on any atom is 0.306 e. The molecule has 4 bridgehead atoms. The minimum atomic E-state index is -0.424. The Hall–Kier alpha value is -2.86. The Morgan fingerprint density at radius 3 is 2.37 bits per heavy atom. The monoisotopic (exact) mass is 589 g/mol. The molecule has 0 N–H and O–H groups in total. The highest BCUT2D eigenvalue weighted by Gasteiger charge is 2.60. The van der Waals surface area contributed by atoms with Crippen LogP contribution in [-0.2, 0) is 27.2 Å². The first-order valence-corrected chi connectivity index (χ1v) is 16.2. The maximum atomic E-state index is 13.2. The summed E-state index contributed by atoms with van der Waals surface area (Å²) in [7, 11) is 5.60. The number of aryl methyl sites for hydroxylation is 2. The third kappa shape index (κ3) is 8.20. The van der Waals surface area contributed by atoms with E-state index in [1.54, 1.807) is 7.11 Å². The van der Waals surface area contributed by atoms with E-state index in [4.69, 9.17) is 14.2 Å². The highest BCUT2D eigenvalue weighted by molar-refractivity contribution is 5.83.